The lowest BCUT2D eigenvalue weighted by Crippen LogP contribution is -2.62. The Kier molecular flexibility index (Phi) is 8.41. The molecule has 1 unspecified atom stereocenters. The van der Waals surface area contributed by atoms with Crippen LogP contribution in [0.15, 0.2) is 4.99 Å². The summed E-state index contributed by atoms with van der Waals surface area (Å²) in [4.78, 5) is 38.4. The van der Waals surface area contributed by atoms with Gasteiger partial charge in [0, 0.05) is 0 Å². The molecule has 0 aromatic carbocycles. The molecule has 0 bridgehead atoms. The van der Waals surface area contributed by atoms with Gasteiger partial charge in [0.05, 0.1) is 19.0 Å². The number of amidine groups is 1. The van der Waals surface area contributed by atoms with E-state index in [2.05, 4.69) is 21.2 Å². The molecule has 1 fully saturated rings. The molecule has 0 aromatic rings. The Bertz CT molecular complexity index is 469. The number of rotatable bonds is 8. The molecule has 1 saturated heterocycles. The summed E-state index contributed by atoms with van der Waals surface area (Å²) >= 11 is 1.16. The van der Waals surface area contributed by atoms with E-state index in [1.807, 2.05) is 13.8 Å². The fourth-order valence-corrected chi connectivity index (χ4v) is 2.13. The number of ether oxygens (including phenoxy) is 2. The molecule has 9 nitrogen and oxygen atoms in total. The maximum atomic E-state index is 11.8. The number of amides is 1. The third-order valence-electron chi connectivity index (χ3n) is 2.42. The van der Waals surface area contributed by atoms with Gasteiger partial charge in [0.25, 0.3) is 5.91 Å². The van der Waals surface area contributed by atoms with Crippen LogP contribution in [-0.2, 0) is 23.9 Å². The van der Waals surface area contributed by atoms with E-state index in [1.54, 1.807) is 6.92 Å². The number of carbonyl (C=O) groups is 3. The highest BCUT2D eigenvalue weighted by Gasteiger charge is 2.24. The van der Waals surface area contributed by atoms with Gasteiger partial charge >= 0.3 is 11.9 Å². The summed E-state index contributed by atoms with van der Waals surface area (Å²) in [7, 11) is 0. The smallest absolute Gasteiger partial charge is 0.327 e. The van der Waals surface area contributed by atoms with E-state index in [1.165, 1.54) is 0 Å². The molecule has 0 spiro atoms. The van der Waals surface area contributed by atoms with E-state index in [0.717, 1.165) is 11.8 Å². The molecule has 130 valence electrons. The van der Waals surface area contributed by atoms with Crippen molar-refractivity contribution in [2.75, 3.05) is 25.5 Å². The van der Waals surface area contributed by atoms with E-state index < -0.39 is 17.4 Å². The lowest BCUT2D eigenvalue weighted by Gasteiger charge is -2.26. The van der Waals surface area contributed by atoms with E-state index in [0.29, 0.717) is 13.2 Å². The molecule has 1 heterocycles. The van der Waals surface area contributed by atoms with Crippen LogP contribution in [0.1, 0.15) is 20.8 Å². The highest BCUT2D eigenvalue weighted by Crippen LogP contribution is 2.07. The lowest BCUT2D eigenvalue weighted by molar-refractivity contribution is -0.143. The zero-order valence-electron chi connectivity index (χ0n) is 13.4. The van der Waals surface area contributed by atoms with Crippen LogP contribution in [0.5, 0.6) is 0 Å². The van der Waals surface area contributed by atoms with Crippen LogP contribution < -0.4 is 16.2 Å². The highest BCUT2D eigenvalue weighted by atomic mass is 32.2. The molecule has 10 heteroatoms. The second-order valence-corrected chi connectivity index (χ2v) is 6.07. The van der Waals surface area contributed by atoms with E-state index in [-0.39, 0.29) is 30.0 Å². The number of hydrogen-bond donors (Lipinski definition) is 3. The third kappa shape index (κ3) is 7.84. The molecule has 1 rings (SSSR count). The first-order valence-electron chi connectivity index (χ1n) is 7.22. The second-order valence-electron chi connectivity index (χ2n) is 4.98. The highest BCUT2D eigenvalue weighted by molar-refractivity contribution is 8.00. The summed E-state index contributed by atoms with van der Waals surface area (Å²) < 4.78 is 9.75. The molecular weight excluding hydrogens is 324 g/mol. The standard InChI is InChI=1S/C13H22N4O5S/c1-4-21-10(19)7-23-13-15-12(20)11(16-17-13)14-5-9(18)22-6-8(2)3/h8,13,17H,4-7H2,1-3H3,(H,14,16)(H,15,20). The van der Waals surface area contributed by atoms with Gasteiger partial charge in [-0.25, -0.2) is 5.43 Å². The second kappa shape index (κ2) is 10.1. The molecule has 0 aromatic heterocycles. The summed E-state index contributed by atoms with van der Waals surface area (Å²) in [6.45, 7) is 5.95. The van der Waals surface area contributed by atoms with Crippen molar-refractivity contribution in [1.82, 2.24) is 16.2 Å². The maximum Gasteiger partial charge on any atom is 0.327 e. The van der Waals surface area contributed by atoms with Crippen molar-refractivity contribution in [3.8, 4) is 0 Å². The number of nitrogens with zero attached hydrogens (tertiary/aromatic N) is 1. The fraction of sp³-hybridized carbons (Fsp3) is 0.692. The SMILES string of the molecule is CCOC(=O)CSC1NNC(=NCC(=O)OCC(C)C)C(=O)N1. The summed E-state index contributed by atoms with van der Waals surface area (Å²) in [5.74, 6) is -1.01. The predicted octanol–water partition coefficient (Wildman–Crippen LogP) is -0.612. The van der Waals surface area contributed by atoms with Crippen molar-refractivity contribution in [2.45, 2.75) is 26.3 Å². The average Bonchev–Trinajstić information content (AvgIpc) is 2.50. The first kappa shape index (κ1) is 19.2. The van der Waals surface area contributed by atoms with E-state index in [4.69, 9.17) is 9.47 Å². The third-order valence-corrected chi connectivity index (χ3v) is 3.39. The summed E-state index contributed by atoms with van der Waals surface area (Å²) in [6.07, 6.45) is 0. The van der Waals surface area contributed by atoms with Gasteiger partial charge in [0.2, 0.25) is 5.84 Å². The molecule has 1 aliphatic rings. The van der Waals surface area contributed by atoms with Crippen molar-refractivity contribution in [3.05, 3.63) is 0 Å². The number of thioether (sulfide) groups is 1. The van der Waals surface area contributed by atoms with Gasteiger partial charge in [-0.2, -0.15) is 0 Å². The molecule has 1 aliphatic heterocycles. The first-order valence-corrected chi connectivity index (χ1v) is 8.27. The Balaban J connectivity index is 2.34. The van der Waals surface area contributed by atoms with Crippen molar-refractivity contribution >= 4 is 35.4 Å². The molecular formula is C13H22N4O5S. The minimum atomic E-state index is -0.501. The first-order chi connectivity index (χ1) is 10.9. The number of hydrazine groups is 1. The number of esters is 2. The Morgan fingerprint density at radius 3 is 2.65 bits per heavy atom. The van der Waals surface area contributed by atoms with E-state index in [9.17, 15) is 14.4 Å². The van der Waals surface area contributed by atoms with Gasteiger partial charge in [0.1, 0.15) is 12.0 Å². The molecule has 3 N–H and O–H groups in total. The number of carbonyl (C=O) groups excluding carboxylic acids is 3. The van der Waals surface area contributed by atoms with Gasteiger partial charge in [-0.05, 0) is 12.8 Å². The minimum Gasteiger partial charge on any atom is -0.465 e. The maximum absolute atomic E-state index is 11.8. The zero-order valence-corrected chi connectivity index (χ0v) is 14.2. The fourth-order valence-electron chi connectivity index (χ4n) is 1.41. The predicted molar refractivity (Wildman–Crippen MR) is 85.4 cm³/mol. The molecule has 0 saturated carbocycles. The van der Waals surface area contributed by atoms with Gasteiger partial charge in [-0.3, -0.25) is 24.8 Å². The van der Waals surface area contributed by atoms with Crippen molar-refractivity contribution in [3.63, 3.8) is 0 Å². The van der Waals surface area contributed by atoms with Crippen LogP contribution >= 0.6 is 11.8 Å². The summed E-state index contributed by atoms with van der Waals surface area (Å²) in [5, 5.41) is 2.60. The Morgan fingerprint density at radius 1 is 1.30 bits per heavy atom. The van der Waals surface area contributed by atoms with Gasteiger partial charge < -0.3 is 14.8 Å². The molecule has 23 heavy (non-hydrogen) atoms. The monoisotopic (exact) mass is 346 g/mol. The molecule has 1 atom stereocenters. The summed E-state index contributed by atoms with van der Waals surface area (Å²) in [5.41, 5.74) is 4.86. The molecule has 1 amide bonds. The van der Waals surface area contributed by atoms with Crippen LogP contribution in [0.25, 0.3) is 0 Å². The van der Waals surface area contributed by atoms with Crippen LogP contribution in [0.3, 0.4) is 0 Å². The molecule has 0 radical (unpaired) electrons. The normalized spacial score (nSPS) is 19.2. The quantitative estimate of drug-likeness (QED) is 0.498. The Morgan fingerprint density at radius 2 is 2.04 bits per heavy atom. The Labute approximate surface area is 138 Å². The molecule has 0 aliphatic carbocycles. The average molecular weight is 346 g/mol. The number of nitrogens with one attached hydrogen (secondary N) is 3. The van der Waals surface area contributed by atoms with E-state index >= 15 is 0 Å². The van der Waals surface area contributed by atoms with Crippen LogP contribution in [-0.4, -0.2) is 54.7 Å². The number of hydrogen-bond acceptors (Lipinski definition) is 8. The van der Waals surface area contributed by atoms with Crippen molar-refractivity contribution in [2.24, 2.45) is 10.9 Å². The van der Waals surface area contributed by atoms with Crippen LogP contribution in [0.4, 0.5) is 0 Å². The Hall–Kier alpha value is -1.81. The summed E-state index contributed by atoms with van der Waals surface area (Å²) in [6, 6.07) is 0. The number of aliphatic imine (C=N–C) groups is 1. The van der Waals surface area contributed by atoms with Gasteiger partial charge in [-0.15, -0.1) is 11.8 Å². The topological polar surface area (TPSA) is 118 Å². The van der Waals surface area contributed by atoms with Crippen molar-refractivity contribution in [1.29, 1.82) is 0 Å². The van der Waals surface area contributed by atoms with Gasteiger partial charge in [-0.1, -0.05) is 13.8 Å². The largest absolute Gasteiger partial charge is 0.465 e. The lowest BCUT2D eigenvalue weighted by atomic mass is 10.2. The van der Waals surface area contributed by atoms with Gasteiger partial charge in [0.15, 0.2) is 0 Å². The van der Waals surface area contributed by atoms with Crippen molar-refractivity contribution < 1.29 is 23.9 Å². The minimum absolute atomic E-state index is 0.0144. The van der Waals surface area contributed by atoms with Crippen LogP contribution in [0, 0.1) is 5.92 Å². The zero-order chi connectivity index (χ0) is 17.2. The van der Waals surface area contributed by atoms with Crippen LogP contribution in [0.2, 0.25) is 0 Å².